The van der Waals surface area contributed by atoms with Crippen molar-refractivity contribution in [3.05, 3.63) is 138 Å². The Morgan fingerprint density at radius 2 is 0.769 bits per heavy atom. The van der Waals surface area contributed by atoms with Crippen molar-refractivity contribution in [3.8, 4) is 0 Å². The van der Waals surface area contributed by atoms with E-state index in [2.05, 4.69) is 130 Å². The van der Waals surface area contributed by atoms with Crippen LogP contribution in [0.5, 0.6) is 0 Å². The van der Waals surface area contributed by atoms with E-state index in [1.807, 2.05) is 0 Å². The molecule has 0 saturated carbocycles. The van der Waals surface area contributed by atoms with E-state index in [-0.39, 0.29) is 13.4 Å². The number of benzene rings is 5. The third-order valence-corrected chi connectivity index (χ3v) is 9.69. The summed E-state index contributed by atoms with van der Waals surface area (Å²) in [6.45, 7) is 0.502. The first-order chi connectivity index (χ1) is 19.4. The number of hydrogen-bond acceptors (Lipinski definition) is 3. The zero-order chi connectivity index (χ0) is 25.0. The second kappa shape index (κ2) is 6.22. The lowest BCUT2D eigenvalue weighted by molar-refractivity contribution is 1.12. The van der Waals surface area contributed by atoms with Gasteiger partial charge in [-0.25, -0.2) is 0 Å². The van der Waals surface area contributed by atoms with Gasteiger partial charge in [0, 0.05) is 22.6 Å². The maximum atomic E-state index is 2.65. The molecule has 6 aliphatic rings. The molecule has 11 rings (SSSR count). The summed E-state index contributed by atoms with van der Waals surface area (Å²) in [6.07, 6.45) is 0. The first-order valence-corrected chi connectivity index (χ1v) is 13.8. The van der Waals surface area contributed by atoms with Crippen molar-refractivity contribution in [2.75, 3.05) is 14.7 Å². The molecule has 0 bridgehead atoms. The molecule has 0 atom stereocenters. The molecule has 5 aromatic rings. The molecule has 0 aliphatic carbocycles. The Labute approximate surface area is 227 Å². The van der Waals surface area contributed by atoms with Crippen molar-refractivity contribution < 1.29 is 0 Å². The summed E-state index contributed by atoms with van der Waals surface area (Å²) in [4.78, 5) is 7.78. The lowest BCUT2D eigenvalue weighted by atomic mass is 9.41. The highest BCUT2D eigenvalue weighted by molar-refractivity contribution is 6.98. The van der Waals surface area contributed by atoms with Gasteiger partial charge in [0.15, 0.2) is 0 Å². The zero-order valence-corrected chi connectivity index (χ0v) is 21.0. The Bertz CT molecular complexity index is 1930. The molecule has 176 valence electrons. The molecule has 5 aromatic carbocycles. The molecule has 5 heteroatoms. The minimum Gasteiger partial charge on any atom is -0.319 e. The fraction of sp³-hybridized carbons (Fsp3) is 0. The number of para-hydroxylation sites is 3. The van der Waals surface area contributed by atoms with Gasteiger partial charge in [0.2, 0.25) is 0 Å². The molecule has 0 unspecified atom stereocenters. The van der Waals surface area contributed by atoms with Crippen LogP contribution in [0.3, 0.4) is 0 Å². The van der Waals surface area contributed by atoms with Crippen LogP contribution in [-0.2, 0) is 0 Å². The van der Waals surface area contributed by atoms with E-state index in [1.165, 1.54) is 84.0 Å². The number of nitrogens with zero attached hydrogens (tertiary/aromatic N) is 3. The molecule has 6 heterocycles. The van der Waals surface area contributed by atoms with E-state index in [0.29, 0.717) is 0 Å². The number of anilines is 5. The maximum Gasteiger partial charge on any atom is 0.268 e. The Kier molecular flexibility index (Phi) is 3.06. The summed E-state index contributed by atoms with van der Waals surface area (Å²) >= 11 is 0. The van der Waals surface area contributed by atoms with Crippen LogP contribution in [0.2, 0.25) is 0 Å². The molecule has 0 N–H and O–H groups in total. The minimum atomic E-state index is 0.251. The van der Waals surface area contributed by atoms with Gasteiger partial charge >= 0.3 is 0 Å². The molecule has 0 amide bonds. The smallest absolute Gasteiger partial charge is 0.268 e. The summed E-state index contributed by atoms with van der Waals surface area (Å²) < 4.78 is 0. The third-order valence-electron chi connectivity index (χ3n) is 9.69. The molecule has 6 aliphatic heterocycles. The molecule has 0 saturated heterocycles. The Morgan fingerprint density at radius 1 is 0.359 bits per heavy atom. The standard InChI is InChI=1S/C34H19B2N3/c1-3-12-22-20(10-1)30-33-35(22)24-14-5-7-16-26(24)37(33)28-18-9-19-29-32(28)39(30)31-21-11-2-4-13-23(21)36-25-15-6-8-17-27(25)38(29)34(31)36/h1-19H. The maximum absolute atomic E-state index is 2.65. The monoisotopic (exact) mass is 491 g/mol. The Balaban J connectivity index is 1.33. The van der Waals surface area contributed by atoms with E-state index in [0.717, 1.165) is 0 Å². The fourth-order valence-corrected chi connectivity index (χ4v) is 8.44. The van der Waals surface area contributed by atoms with E-state index in [9.17, 15) is 0 Å². The van der Waals surface area contributed by atoms with Crippen molar-refractivity contribution in [2.24, 2.45) is 0 Å². The van der Waals surface area contributed by atoms with E-state index >= 15 is 0 Å². The molecule has 0 radical (unpaired) electrons. The first-order valence-electron chi connectivity index (χ1n) is 13.8. The van der Waals surface area contributed by atoms with Gasteiger partial charge in [-0.2, -0.15) is 0 Å². The summed E-state index contributed by atoms with van der Waals surface area (Å²) in [7, 11) is 0. The van der Waals surface area contributed by atoms with Crippen LogP contribution < -0.4 is 36.6 Å². The van der Waals surface area contributed by atoms with Crippen LogP contribution in [0.15, 0.2) is 126 Å². The van der Waals surface area contributed by atoms with Gasteiger partial charge in [-0.1, -0.05) is 102 Å². The molecule has 39 heavy (non-hydrogen) atoms. The quantitative estimate of drug-likeness (QED) is 0.296. The van der Waals surface area contributed by atoms with Crippen LogP contribution in [0, 0.1) is 0 Å². The predicted molar refractivity (Wildman–Crippen MR) is 163 cm³/mol. The van der Waals surface area contributed by atoms with Gasteiger partial charge in [0.05, 0.1) is 28.5 Å². The average Bonchev–Trinajstić information content (AvgIpc) is 3.71. The van der Waals surface area contributed by atoms with Crippen molar-refractivity contribution in [1.82, 2.24) is 0 Å². The van der Waals surface area contributed by atoms with Crippen LogP contribution in [-0.4, -0.2) is 13.4 Å². The number of fused-ring (bicyclic) bond motifs is 16. The molecule has 3 nitrogen and oxygen atoms in total. The second-order valence-corrected chi connectivity index (χ2v) is 11.3. The van der Waals surface area contributed by atoms with Crippen molar-refractivity contribution >= 4 is 75.1 Å². The summed E-state index contributed by atoms with van der Waals surface area (Å²) in [5, 5.41) is 0. The summed E-state index contributed by atoms with van der Waals surface area (Å²) in [6, 6.07) is 43.1. The van der Waals surface area contributed by atoms with Crippen LogP contribution in [0.4, 0.5) is 28.4 Å². The topological polar surface area (TPSA) is 9.72 Å². The highest BCUT2D eigenvalue weighted by Crippen LogP contribution is 2.62. The lowest BCUT2D eigenvalue weighted by Gasteiger charge is -2.46. The molecule has 0 aromatic heterocycles. The van der Waals surface area contributed by atoms with Crippen LogP contribution >= 0.6 is 0 Å². The van der Waals surface area contributed by atoms with Crippen LogP contribution in [0.25, 0.3) is 11.4 Å². The summed E-state index contributed by atoms with van der Waals surface area (Å²) in [5.41, 5.74) is 20.3. The second-order valence-electron chi connectivity index (χ2n) is 11.3. The molecular formula is C34H19B2N3. The average molecular weight is 491 g/mol. The molecule has 0 spiro atoms. The summed E-state index contributed by atoms with van der Waals surface area (Å²) in [5.74, 6) is 0. The zero-order valence-electron chi connectivity index (χ0n) is 21.0. The largest absolute Gasteiger partial charge is 0.319 e. The van der Waals surface area contributed by atoms with Gasteiger partial charge in [-0.3, -0.25) is 0 Å². The van der Waals surface area contributed by atoms with Crippen molar-refractivity contribution in [2.45, 2.75) is 0 Å². The molecule has 0 fully saturated rings. The number of rotatable bonds is 0. The number of hydrogen-bond donors (Lipinski definition) is 0. The van der Waals surface area contributed by atoms with E-state index in [4.69, 9.17) is 0 Å². The Morgan fingerprint density at radius 3 is 1.28 bits per heavy atom. The lowest BCUT2D eigenvalue weighted by Crippen LogP contribution is -2.40. The third kappa shape index (κ3) is 1.92. The van der Waals surface area contributed by atoms with Gasteiger partial charge in [-0.05, 0) is 46.3 Å². The van der Waals surface area contributed by atoms with E-state index in [1.54, 1.807) is 0 Å². The van der Waals surface area contributed by atoms with Gasteiger partial charge in [0.25, 0.3) is 13.4 Å². The fourth-order valence-electron chi connectivity index (χ4n) is 8.44. The van der Waals surface area contributed by atoms with Gasteiger partial charge in [-0.15, -0.1) is 0 Å². The first kappa shape index (κ1) is 19.2. The highest BCUT2D eigenvalue weighted by atomic mass is 15.3. The van der Waals surface area contributed by atoms with Gasteiger partial charge < -0.3 is 14.7 Å². The normalized spacial score (nSPS) is 17.3. The SMILES string of the molecule is c1ccc2c(c1)B1C3=C2N2C4=C5B(c6ccccc64)c4ccccc4N5c4cccc(c42)N3c2ccccc21. The predicted octanol–water partition coefficient (Wildman–Crippen LogP) is 4.48. The highest BCUT2D eigenvalue weighted by Gasteiger charge is 2.57. The van der Waals surface area contributed by atoms with Crippen molar-refractivity contribution in [3.63, 3.8) is 0 Å². The van der Waals surface area contributed by atoms with Crippen LogP contribution in [0.1, 0.15) is 11.1 Å². The van der Waals surface area contributed by atoms with Crippen molar-refractivity contribution in [1.29, 1.82) is 0 Å². The Hall–Kier alpha value is -4.89. The van der Waals surface area contributed by atoms with E-state index < -0.39 is 0 Å². The van der Waals surface area contributed by atoms with Gasteiger partial charge in [0.1, 0.15) is 0 Å². The molecular weight excluding hydrogens is 472 g/mol. The minimum absolute atomic E-state index is 0.251.